The van der Waals surface area contributed by atoms with Gasteiger partial charge in [-0.05, 0) is 17.7 Å². The number of aromatic hydroxyl groups is 1. The van der Waals surface area contributed by atoms with E-state index < -0.39 is 0 Å². The molecular weight excluding hydrogens is 326 g/mol. The van der Waals surface area contributed by atoms with Crippen molar-refractivity contribution in [2.75, 3.05) is 0 Å². The Morgan fingerprint density at radius 2 is 1.88 bits per heavy atom. The van der Waals surface area contributed by atoms with Crippen LogP contribution in [0, 0.1) is 0 Å². The summed E-state index contributed by atoms with van der Waals surface area (Å²) in [6.07, 6.45) is 4.59. The maximum Gasteiger partial charge on any atom is 0.263 e. The summed E-state index contributed by atoms with van der Waals surface area (Å²) < 4.78 is 1.56. The number of fused-ring (bicyclic) bond motifs is 1. The summed E-state index contributed by atoms with van der Waals surface area (Å²) in [5, 5.41) is 15.6. The zero-order chi connectivity index (χ0) is 18.1. The molecular formula is C21H19N3O2. The number of aryl methyl sites for hydroxylation is 1. The number of hydrazone groups is 1. The number of para-hydroxylation sites is 1. The third kappa shape index (κ3) is 2.77. The molecule has 0 saturated heterocycles. The molecule has 5 heteroatoms. The molecule has 2 aromatic carbocycles. The van der Waals surface area contributed by atoms with Gasteiger partial charge in [0, 0.05) is 18.9 Å². The van der Waals surface area contributed by atoms with Gasteiger partial charge < -0.3 is 15.1 Å². The van der Waals surface area contributed by atoms with E-state index in [1.807, 2.05) is 66.7 Å². The van der Waals surface area contributed by atoms with Gasteiger partial charge in [0.1, 0.15) is 11.3 Å². The van der Waals surface area contributed by atoms with E-state index in [0.717, 1.165) is 5.56 Å². The van der Waals surface area contributed by atoms with Crippen LogP contribution in [-0.4, -0.2) is 21.4 Å². The highest BCUT2D eigenvalue weighted by Crippen LogP contribution is 2.28. The second kappa shape index (κ2) is 6.52. The summed E-state index contributed by atoms with van der Waals surface area (Å²) in [5.74, 6) is -0.00283. The van der Waals surface area contributed by atoms with E-state index in [1.54, 1.807) is 11.6 Å². The van der Waals surface area contributed by atoms with Crippen LogP contribution in [0.1, 0.15) is 17.5 Å². The fraction of sp³-hybridized carbons (Fsp3) is 0.143. The lowest BCUT2D eigenvalue weighted by molar-refractivity contribution is 0.478. The Morgan fingerprint density at radius 3 is 2.69 bits per heavy atom. The van der Waals surface area contributed by atoms with E-state index in [4.69, 9.17) is 0 Å². The van der Waals surface area contributed by atoms with Crippen molar-refractivity contribution in [3.05, 3.63) is 82.2 Å². The molecule has 1 unspecified atom stereocenters. The van der Waals surface area contributed by atoms with Gasteiger partial charge in [0.15, 0.2) is 0 Å². The summed E-state index contributed by atoms with van der Waals surface area (Å²) in [7, 11) is 1.71. The van der Waals surface area contributed by atoms with Crippen LogP contribution < -0.4 is 11.0 Å². The van der Waals surface area contributed by atoms with Crippen molar-refractivity contribution in [1.82, 2.24) is 9.99 Å². The average Bonchev–Trinajstić information content (AvgIpc) is 3.14. The minimum absolute atomic E-state index is 0.00283. The highest BCUT2D eigenvalue weighted by molar-refractivity contribution is 6.07. The molecule has 0 radical (unpaired) electrons. The Bertz CT molecular complexity index is 1080. The molecule has 1 atom stereocenters. The molecule has 3 aromatic rings. The van der Waals surface area contributed by atoms with Gasteiger partial charge in [-0.15, -0.1) is 0 Å². The molecule has 0 saturated carbocycles. The van der Waals surface area contributed by atoms with Crippen molar-refractivity contribution in [3.63, 3.8) is 0 Å². The van der Waals surface area contributed by atoms with Crippen molar-refractivity contribution in [3.8, 4) is 5.75 Å². The molecule has 0 fully saturated rings. The third-order valence-corrected chi connectivity index (χ3v) is 4.66. The summed E-state index contributed by atoms with van der Waals surface area (Å²) in [5.41, 5.74) is 5.45. The highest BCUT2D eigenvalue weighted by Gasteiger charge is 2.25. The predicted octanol–water partition coefficient (Wildman–Crippen LogP) is 3.02. The molecule has 1 aliphatic heterocycles. The van der Waals surface area contributed by atoms with Crippen LogP contribution in [0.3, 0.4) is 0 Å². The second-order valence-corrected chi connectivity index (χ2v) is 6.37. The van der Waals surface area contributed by atoms with Gasteiger partial charge in [0.25, 0.3) is 5.56 Å². The Labute approximate surface area is 150 Å². The maximum atomic E-state index is 12.8. The molecule has 2 N–H and O–H groups in total. The normalized spacial score (nSPS) is 16.8. The fourth-order valence-corrected chi connectivity index (χ4v) is 3.26. The van der Waals surface area contributed by atoms with Gasteiger partial charge in [-0.2, -0.15) is 5.10 Å². The topological polar surface area (TPSA) is 66.6 Å². The van der Waals surface area contributed by atoms with Crippen LogP contribution in [0.2, 0.25) is 0 Å². The maximum absolute atomic E-state index is 12.8. The first-order valence-corrected chi connectivity index (χ1v) is 8.51. The van der Waals surface area contributed by atoms with Crippen molar-refractivity contribution < 1.29 is 5.11 Å². The standard InChI is InChI=1S/C21H19N3O2/c1-24-18-10-6-5-9-16(18)20(25)19(21(24)26)17-13-15(22-23-17)12-11-14-7-3-2-4-8-14/h2-12,15,22,25H,13H2,1H3/b12-11+. The molecule has 0 amide bonds. The number of rotatable bonds is 3. The molecule has 0 bridgehead atoms. The van der Waals surface area contributed by atoms with Crippen LogP contribution >= 0.6 is 0 Å². The summed E-state index contributed by atoms with van der Waals surface area (Å²) >= 11 is 0. The van der Waals surface area contributed by atoms with E-state index in [0.29, 0.717) is 23.0 Å². The molecule has 4 rings (SSSR count). The van der Waals surface area contributed by atoms with E-state index in [9.17, 15) is 9.90 Å². The first-order chi connectivity index (χ1) is 12.6. The van der Waals surface area contributed by atoms with Gasteiger partial charge in [-0.1, -0.05) is 54.6 Å². The predicted molar refractivity (Wildman–Crippen MR) is 104 cm³/mol. The molecule has 130 valence electrons. The number of pyridine rings is 1. The van der Waals surface area contributed by atoms with Gasteiger partial charge in [0.2, 0.25) is 0 Å². The number of nitrogens with zero attached hydrogens (tertiary/aromatic N) is 2. The number of aromatic nitrogens is 1. The van der Waals surface area contributed by atoms with Crippen LogP contribution in [0.4, 0.5) is 0 Å². The van der Waals surface area contributed by atoms with Crippen LogP contribution in [0.5, 0.6) is 5.75 Å². The Kier molecular flexibility index (Phi) is 4.05. The Hall–Kier alpha value is -3.34. The minimum Gasteiger partial charge on any atom is -0.506 e. The second-order valence-electron chi connectivity index (χ2n) is 6.37. The number of hydrogen-bond acceptors (Lipinski definition) is 4. The molecule has 0 aliphatic carbocycles. The lowest BCUT2D eigenvalue weighted by Crippen LogP contribution is -2.25. The lowest BCUT2D eigenvalue weighted by Gasteiger charge is -2.11. The van der Waals surface area contributed by atoms with Crippen molar-refractivity contribution in [2.24, 2.45) is 12.1 Å². The van der Waals surface area contributed by atoms with Gasteiger partial charge >= 0.3 is 0 Å². The quantitative estimate of drug-likeness (QED) is 0.767. The smallest absolute Gasteiger partial charge is 0.263 e. The number of hydrogen-bond donors (Lipinski definition) is 2. The molecule has 2 heterocycles. The van der Waals surface area contributed by atoms with Crippen LogP contribution in [0.25, 0.3) is 17.0 Å². The van der Waals surface area contributed by atoms with E-state index >= 15 is 0 Å². The van der Waals surface area contributed by atoms with E-state index in [-0.39, 0.29) is 22.9 Å². The van der Waals surface area contributed by atoms with Gasteiger partial charge in [-0.3, -0.25) is 4.79 Å². The molecule has 1 aromatic heterocycles. The van der Waals surface area contributed by atoms with Crippen molar-refractivity contribution >= 4 is 22.7 Å². The van der Waals surface area contributed by atoms with Crippen molar-refractivity contribution in [1.29, 1.82) is 0 Å². The van der Waals surface area contributed by atoms with Gasteiger partial charge in [0.05, 0.1) is 17.3 Å². The van der Waals surface area contributed by atoms with Gasteiger partial charge in [-0.25, -0.2) is 0 Å². The zero-order valence-corrected chi connectivity index (χ0v) is 14.4. The average molecular weight is 345 g/mol. The Morgan fingerprint density at radius 1 is 1.15 bits per heavy atom. The van der Waals surface area contributed by atoms with E-state index in [1.165, 1.54) is 0 Å². The summed E-state index contributed by atoms with van der Waals surface area (Å²) in [4.78, 5) is 12.8. The lowest BCUT2D eigenvalue weighted by atomic mass is 10.0. The molecule has 26 heavy (non-hydrogen) atoms. The first-order valence-electron chi connectivity index (χ1n) is 8.51. The minimum atomic E-state index is -0.241. The summed E-state index contributed by atoms with van der Waals surface area (Å²) in [6.45, 7) is 0. The number of benzene rings is 2. The largest absolute Gasteiger partial charge is 0.506 e. The molecule has 0 spiro atoms. The summed E-state index contributed by atoms with van der Waals surface area (Å²) in [6, 6.07) is 17.3. The monoisotopic (exact) mass is 345 g/mol. The van der Waals surface area contributed by atoms with E-state index in [2.05, 4.69) is 10.5 Å². The highest BCUT2D eigenvalue weighted by atomic mass is 16.3. The zero-order valence-electron chi connectivity index (χ0n) is 14.4. The van der Waals surface area contributed by atoms with Crippen molar-refractivity contribution in [2.45, 2.75) is 12.5 Å². The van der Waals surface area contributed by atoms with Crippen LogP contribution in [0.15, 0.2) is 70.6 Å². The first kappa shape index (κ1) is 16.1. The fourth-order valence-electron chi connectivity index (χ4n) is 3.26. The van der Waals surface area contributed by atoms with Crippen LogP contribution in [-0.2, 0) is 7.05 Å². The number of nitrogens with one attached hydrogen (secondary N) is 1. The molecule has 1 aliphatic rings. The third-order valence-electron chi connectivity index (χ3n) is 4.66. The Balaban J connectivity index is 1.65. The SMILES string of the molecule is Cn1c(=O)c(C2=NNC(/C=C/c3ccccc3)C2)c(O)c2ccccc21. The molecule has 5 nitrogen and oxygen atoms in total.